The van der Waals surface area contributed by atoms with Crippen molar-refractivity contribution in [3.05, 3.63) is 35.4 Å². The number of carboxylic acid groups (broad SMARTS) is 1. The van der Waals surface area contributed by atoms with Crippen molar-refractivity contribution in [2.24, 2.45) is 0 Å². The summed E-state index contributed by atoms with van der Waals surface area (Å²) in [5, 5.41) is 9.31. The molecule has 1 aliphatic rings. The molecule has 6 heteroatoms. The van der Waals surface area contributed by atoms with E-state index in [2.05, 4.69) is 0 Å². The average Bonchev–Trinajstić information content (AvgIpc) is 2.68. The van der Waals surface area contributed by atoms with Crippen molar-refractivity contribution in [2.75, 3.05) is 27.2 Å². The van der Waals surface area contributed by atoms with E-state index in [1.807, 2.05) is 38.1 Å². The normalized spacial score (nSPS) is 21.3. The van der Waals surface area contributed by atoms with Crippen molar-refractivity contribution in [3.63, 3.8) is 0 Å². The fourth-order valence-electron chi connectivity index (χ4n) is 3.14. The lowest BCUT2D eigenvalue weighted by Crippen LogP contribution is -2.42. The molecule has 0 radical (unpaired) electrons. The number of likely N-dealkylation sites (N-methyl/N-ethyl adjacent to an activating group) is 1. The molecule has 1 aliphatic heterocycles. The number of imide groups is 1. The molecule has 1 unspecified atom stereocenters. The number of benzene rings is 1. The first-order valence-corrected chi connectivity index (χ1v) is 7.55. The van der Waals surface area contributed by atoms with Gasteiger partial charge in [-0.2, -0.15) is 0 Å². The van der Waals surface area contributed by atoms with Crippen LogP contribution in [0.1, 0.15) is 24.0 Å². The summed E-state index contributed by atoms with van der Waals surface area (Å²) in [6.07, 6.45) is -0.461. The van der Waals surface area contributed by atoms with E-state index in [1.54, 1.807) is 12.1 Å². The van der Waals surface area contributed by atoms with Crippen LogP contribution in [0.15, 0.2) is 24.3 Å². The molecule has 1 atom stereocenters. The monoisotopic (exact) mass is 318 g/mol. The minimum atomic E-state index is -1.29. The Hall–Kier alpha value is -2.21. The largest absolute Gasteiger partial charge is 0.481 e. The average molecular weight is 318 g/mol. The first-order chi connectivity index (χ1) is 10.8. The molecule has 0 saturated carbocycles. The maximum atomic E-state index is 13.0. The summed E-state index contributed by atoms with van der Waals surface area (Å²) >= 11 is 0. The zero-order valence-electron chi connectivity index (χ0n) is 13.7. The minimum Gasteiger partial charge on any atom is -0.481 e. The number of hydrogen-bond acceptors (Lipinski definition) is 4. The summed E-state index contributed by atoms with van der Waals surface area (Å²) in [7, 11) is 3.72. The molecule has 0 aromatic heterocycles. The molecule has 1 aromatic carbocycles. The van der Waals surface area contributed by atoms with Crippen molar-refractivity contribution < 1.29 is 19.5 Å². The zero-order chi connectivity index (χ0) is 17.2. The second-order valence-corrected chi connectivity index (χ2v) is 6.30. The quantitative estimate of drug-likeness (QED) is 0.793. The number of nitrogens with zero attached hydrogens (tertiary/aromatic N) is 2. The molecule has 1 N–H and O–H groups in total. The first kappa shape index (κ1) is 17.1. The Labute approximate surface area is 135 Å². The van der Waals surface area contributed by atoms with Gasteiger partial charge in [-0.3, -0.25) is 19.3 Å². The van der Waals surface area contributed by atoms with E-state index in [1.165, 1.54) is 4.90 Å². The Morgan fingerprint density at radius 3 is 2.52 bits per heavy atom. The van der Waals surface area contributed by atoms with Crippen LogP contribution < -0.4 is 0 Å². The van der Waals surface area contributed by atoms with Gasteiger partial charge in [0, 0.05) is 19.5 Å². The topological polar surface area (TPSA) is 77.9 Å². The van der Waals surface area contributed by atoms with Crippen LogP contribution in [0.2, 0.25) is 0 Å². The Balaban J connectivity index is 2.44. The number of carboxylic acids is 1. The van der Waals surface area contributed by atoms with E-state index in [9.17, 15) is 19.5 Å². The van der Waals surface area contributed by atoms with Gasteiger partial charge in [0.2, 0.25) is 11.8 Å². The van der Waals surface area contributed by atoms with Gasteiger partial charge in [0.05, 0.1) is 11.8 Å². The molecule has 124 valence electrons. The second-order valence-electron chi connectivity index (χ2n) is 6.30. The molecule has 2 rings (SSSR count). The summed E-state index contributed by atoms with van der Waals surface area (Å²) < 4.78 is 0. The molecule has 2 amide bonds. The number of carbonyl (C=O) groups excluding carboxylic acids is 2. The highest BCUT2D eigenvalue weighted by Crippen LogP contribution is 2.41. The van der Waals surface area contributed by atoms with E-state index in [0.29, 0.717) is 12.1 Å². The molecule has 1 fully saturated rings. The van der Waals surface area contributed by atoms with Gasteiger partial charge >= 0.3 is 5.97 Å². The molecule has 6 nitrogen and oxygen atoms in total. The fraction of sp³-hybridized carbons (Fsp3) is 0.471. The third-order valence-corrected chi connectivity index (χ3v) is 4.29. The predicted octanol–water partition coefficient (Wildman–Crippen LogP) is 1.03. The van der Waals surface area contributed by atoms with Gasteiger partial charge < -0.3 is 10.0 Å². The van der Waals surface area contributed by atoms with E-state index >= 15 is 0 Å². The van der Waals surface area contributed by atoms with Crippen LogP contribution >= 0.6 is 0 Å². The van der Waals surface area contributed by atoms with Crippen molar-refractivity contribution in [1.82, 2.24) is 9.80 Å². The lowest BCUT2D eigenvalue weighted by atomic mass is 9.74. The number of aliphatic carboxylic acids is 1. The Bertz CT molecular complexity index is 641. The lowest BCUT2D eigenvalue weighted by Gasteiger charge is -2.27. The number of amides is 2. The Morgan fingerprint density at radius 2 is 1.96 bits per heavy atom. The third kappa shape index (κ3) is 3.27. The smallest absolute Gasteiger partial charge is 0.304 e. The molecular weight excluding hydrogens is 296 g/mol. The summed E-state index contributed by atoms with van der Waals surface area (Å²) in [4.78, 5) is 39.8. The summed E-state index contributed by atoms with van der Waals surface area (Å²) in [6.45, 7) is 2.66. The first-order valence-electron chi connectivity index (χ1n) is 7.55. The lowest BCUT2D eigenvalue weighted by molar-refractivity contribution is -0.145. The number of hydrogen-bond donors (Lipinski definition) is 1. The molecule has 0 aliphatic carbocycles. The van der Waals surface area contributed by atoms with Gasteiger partial charge in [0.15, 0.2) is 0 Å². The van der Waals surface area contributed by atoms with Crippen molar-refractivity contribution in [3.8, 4) is 0 Å². The van der Waals surface area contributed by atoms with Gasteiger partial charge in [-0.15, -0.1) is 0 Å². The van der Waals surface area contributed by atoms with E-state index in [-0.39, 0.29) is 25.3 Å². The number of aryl methyl sites for hydroxylation is 1. The number of rotatable bonds is 6. The molecule has 23 heavy (non-hydrogen) atoms. The van der Waals surface area contributed by atoms with Gasteiger partial charge in [0.1, 0.15) is 0 Å². The molecule has 1 saturated heterocycles. The SMILES string of the molecule is Cc1ccccc1C1(CC(=O)O)CC(=O)N(CCN(C)C)C1=O. The van der Waals surface area contributed by atoms with Crippen LogP contribution in [0.4, 0.5) is 0 Å². The maximum Gasteiger partial charge on any atom is 0.304 e. The van der Waals surface area contributed by atoms with Gasteiger partial charge in [-0.1, -0.05) is 24.3 Å². The van der Waals surface area contributed by atoms with Crippen molar-refractivity contribution >= 4 is 17.8 Å². The molecule has 0 bridgehead atoms. The van der Waals surface area contributed by atoms with Crippen LogP contribution in [0.5, 0.6) is 0 Å². The summed E-state index contributed by atoms with van der Waals surface area (Å²) in [6, 6.07) is 7.18. The Morgan fingerprint density at radius 1 is 1.30 bits per heavy atom. The second kappa shape index (κ2) is 6.50. The van der Waals surface area contributed by atoms with Gasteiger partial charge in [0.25, 0.3) is 0 Å². The molecule has 1 heterocycles. The standard InChI is InChI=1S/C17H22N2O4/c1-12-6-4-5-7-13(12)17(11-15(21)22)10-14(20)19(16(17)23)9-8-18(2)3/h4-7H,8-11H2,1-3H3,(H,21,22). The summed E-state index contributed by atoms with van der Waals surface area (Å²) in [5.74, 6) is -1.79. The molecular formula is C17H22N2O4. The molecule has 0 spiro atoms. The van der Waals surface area contributed by atoms with Gasteiger partial charge in [-0.25, -0.2) is 0 Å². The van der Waals surface area contributed by atoms with Crippen molar-refractivity contribution in [2.45, 2.75) is 25.2 Å². The van der Waals surface area contributed by atoms with Crippen LogP contribution in [0, 0.1) is 6.92 Å². The van der Waals surface area contributed by atoms with Crippen LogP contribution in [0.3, 0.4) is 0 Å². The number of carbonyl (C=O) groups is 3. The van der Waals surface area contributed by atoms with Crippen molar-refractivity contribution in [1.29, 1.82) is 0 Å². The van der Waals surface area contributed by atoms with E-state index < -0.39 is 17.3 Å². The third-order valence-electron chi connectivity index (χ3n) is 4.29. The predicted molar refractivity (Wildman–Crippen MR) is 85.0 cm³/mol. The highest BCUT2D eigenvalue weighted by atomic mass is 16.4. The highest BCUT2D eigenvalue weighted by molar-refractivity contribution is 6.10. The van der Waals surface area contributed by atoms with Gasteiger partial charge in [-0.05, 0) is 32.1 Å². The van der Waals surface area contributed by atoms with E-state index in [4.69, 9.17) is 0 Å². The fourth-order valence-corrected chi connectivity index (χ4v) is 3.14. The summed E-state index contributed by atoms with van der Waals surface area (Å²) in [5.41, 5.74) is 0.165. The van der Waals surface area contributed by atoms with Crippen LogP contribution in [0.25, 0.3) is 0 Å². The number of likely N-dealkylation sites (tertiary alicyclic amines) is 1. The van der Waals surface area contributed by atoms with Crippen LogP contribution in [-0.4, -0.2) is 59.9 Å². The minimum absolute atomic E-state index is 0.0869. The maximum absolute atomic E-state index is 13.0. The molecule has 1 aromatic rings. The highest BCUT2D eigenvalue weighted by Gasteiger charge is 2.54. The Kier molecular flexibility index (Phi) is 4.85. The van der Waals surface area contributed by atoms with Crippen LogP contribution in [-0.2, 0) is 19.8 Å². The zero-order valence-corrected chi connectivity index (χ0v) is 13.7. The van der Waals surface area contributed by atoms with E-state index in [0.717, 1.165) is 5.56 Å².